The predicted molar refractivity (Wildman–Crippen MR) is 125 cm³/mol. The second-order valence-electron chi connectivity index (χ2n) is 7.70. The van der Waals surface area contributed by atoms with Crippen LogP contribution in [-0.4, -0.2) is 23.5 Å². The third kappa shape index (κ3) is 5.55. The maximum absolute atomic E-state index is 15.7. The van der Waals surface area contributed by atoms with Gasteiger partial charge in [0.25, 0.3) is 0 Å². The van der Waals surface area contributed by atoms with Gasteiger partial charge in [0, 0.05) is 28.6 Å². The zero-order valence-electron chi connectivity index (χ0n) is 18.8. The van der Waals surface area contributed by atoms with Crippen LogP contribution < -0.4 is 20.5 Å². The van der Waals surface area contributed by atoms with Crippen LogP contribution in [0, 0.1) is 18.2 Å². The van der Waals surface area contributed by atoms with Gasteiger partial charge in [-0.15, -0.1) is 0 Å². The highest BCUT2D eigenvalue weighted by atomic mass is 19.1. The summed E-state index contributed by atoms with van der Waals surface area (Å²) in [5.41, 5.74) is 8.74. The van der Waals surface area contributed by atoms with Crippen LogP contribution in [0.25, 0.3) is 0 Å². The van der Waals surface area contributed by atoms with Crippen molar-refractivity contribution in [2.75, 3.05) is 11.9 Å². The maximum Gasteiger partial charge on any atom is 0.171 e. The number of amidine groups is 1. The Bertz CT molecular complexity index is 1080. The molecular weight excluding hydrogens is 407 g/mol. The fraction of sp³-hybridized carbons (Fsp3) is 0.280. The Morgan fingerprint density at radius 1 is 1.16 bits per heavy atom. The third-order valence-corrected chi connectivity index (χ3v) is 4.74. The standard InChI is InChI=1S/C25H29FN4O2/c1-5-31-19-13-20(23(26)22(14-19)32-15(2)3)24(21-8-6-7-16(4)29-21)30-18-11-9-17(10-12-18)25(27)28/h6-15,24,30H,5H2,1-4H3,(H3,27,28). The first-order valence-electron chi connectivity index (χ1n) is 10.6. The molecule has 0 saturated carbocycles. The normalized spacial score (nSPS) is 11.8. The van der Waals surface area contributed by atoms with Gasteiger partial charge >= 0.3 is 0 Å². The molecule has 1 unspecified atom stereocenters. The van der Waals surface area contributed by atoms with E-state index in [0.717, 1.165) is 11.4 Å². The maximum atomic E-state index is 15.7. The number of nitrogens with one attached hydrogen (secondary N) is 2. The molecule has 4 N–H and O–H groups in total. The molecule has 6 nitrogen and oxygen atoms in total. The van der Waals surface area contributed by atoms with Crippen molar-refractivity contribution < 1.29 is 13.9 Å². The average Bonchev–Trinajstić information content (AvgIpc) is 2.74. The minimum atomic E-state index is -0.604. The Labute approximate surface area is 188 Å². The van der Waals surface area contributed by atoms with Crippen molar-refractivity contribution in [3.63, 3.8) is 0 Å². The number of nitrogen functional groups attached to an aromatic ring is 1. The van der Waals surface area contributed by atoms with Crippen molar-refractivity contribution in [2.45, 2.75) is 39.8 Å². The summed E-state index contributed by atoms with van der Waals surface area (Å²) in [5, 5.41) is 11.0. The van der Waals surface area contributed by atoms with Crippen LogP contribution in [-0.2, 0) is 0 Å². The summed E-state index contributed by atoms with van der Waals surface area (Å²) >= 11 is 0. The van der Waals surface area contributed by atoms with E-state index in [2.05, 4.69) is 10.3 Å². The van der Waals surface area contributed by atoms with Crippen molar-refractivity contribution in [2.24, 2.45) is 5.73 Å². The van der Waals surface area contributed by atoms with Gasteiger partial charge < -0.3 is 20.5 Å². The van der Waals surface area contributed by atoms with Crippen LogP contribution in [0.5, 0.6) is 11.5 Å². The van der Waals surface area contributed by atoms with E-state index in [4.69, 9.17) is 20.6 Å². The molecule has 0 fully saturated rings. The lowest BCUT2D eigenvalue weighted by Crippen LogP contribution is -2.18. The average molecular weight is 437 g/mol. The molecule has 0 aliphatic carbocycles. The Balaban J connectivity index is 2.12. The van der Waals surface area contributed by atoms with Crippen molar-refractivity contribution in [3.8, 4) is 11.5 Å². The number of benzene rings is 2. The monoisotopic (exact) mass is 436 g/mol. The Hall–Kier alpha value is -3.61. The van der Waals surface area contributed by atoms with E-state index < -0.39 is 11.9 Å². The molecule has 0 bridgehead atoms. The number of aromatic nitrogens is 1. The van der Waals surface area contributed by atoms with Crippen LogP contribution in [0.1, 0.15) is 49.3 Å². The minimum absolute atomic E-state index is 0.0145. The van der Waals surface area contributed by atoms with E-state index in [0.29, 0.717) is 29.2 Å². The van der Waals surface area contributed by atoms with E-state index in [9.17, 15) is 0 Å². The van der Waals surface area contributed by atoms with Gasteiger partial charge in [-0.25, -0.2) is 4.39 Å². The molecule has 1 aromatic heterocycles. The lowest BCUT2D eigenvalue weighted by Gasteiger charge is -2.23. The van der Waals surface area contributed by atoms with Crippen LogP contribution in [0.4, 0.5) is 10.1 Å². The quantitative estimate of drug-likeness (QED) is 0.317. The molecule has 1 atom stereocenters. The lowest BCUT2D eigenvalue weighted by atomic mass is 10.00. The molecule has 0 aliphatic rings. The highest BCUT2D eigenvalue weighted by Gasteiger charge is 2.24. The number of halogens is 1. The van der Waals surface area contributed by atoms with E-state index in [1.54, 1.807) is 36.4 Å². The zero-order valence-corrected chi connectivity index (χ0v) is 18.8. The van der Waals surface area contributed by atoms with Crippen LogP contribution in [0.15, 0.2) is 54.6 Å². The molecule has 3 rings (SSSR count). The Morgan fingerprint density at radius 2 is 1.88 bits per heavy atom. The Morgan fingerprint density at radius 3 is 2.47 bits per heavy atom. The van der Waals surface area contributed by atoms with Gasteiger partial charge in [-0.05, 0) is 70.2 Å². The third-order valence-electron chi connectivity index (χ3n) is 4.74. The van der Waals surface area contributed by atoms with E-state index in [1.807, 2.05) is 45.9 Å². The van der Waals surface area contributed by atoms with Gasteiger partial charge in [-0.3, -0.25) is 10.4 Å². The van der Waals surface area contributed by atoms with Gasteiger partial charge in [-0.1, -0.05) is 6.07 Å². The predicted octanol–water partition coefficient (Wildman–Crippen LogP) is 5.20. The number of nitrogens with zero attached hydrogens (tertiary/aromatic N) is 1. The highest BCUT2D eigenvalue weighted by molar-refractivity contribution is 5.95. The van der Waals surface area contributed by atoms with Gasteiger partial charge in [0.1, 0.15) is 11.6 Å². The van der Waals surface area contributed by atoms with Crippen molar-refractivity contribution in [1.29, 1.82) is 5.41 Å². The van der Waals surface area contributed by atoms with E-state index in [1.165, 1.54) is 0 Å². The molecule has 32 heavy (non-hydrogen) atoms. The lowest BCUT2D eigenvalue weighted by molar-refractivity contribution is 0.228. The summed E-state index contributed by atoms with van der Waals surface area (Å²) < 4.78 is 27.1. The molecule has 0 aliphatic heterocycles. The number of nitrogens with two attached hydrogens (primary N) is 1. The van der Waals surface area contributed by atoms with Crippen LogP contribution in [0.2, 0.25) is 0 Å². The molecule has 0 amide bonds. The molecule has 0 spiro atoms. The summed E-state index contributed by atoms with van der Waals surface area (Å²) in [4.78, 5) is 4.63. The van der Waals surface area contributed by atoms with Gasteiger partial charge in [0.2, 0.25) is 0 Å². The summed E-state index contributed by atoms with van der Waals surface area (Å²) in [5.74, 6) is 0.168. The smallest absolute Gasteiger partial charge is 0.171 e. The number of pyridine rings is 1. The van der Waals surface area contributed by atoms with Crippen molar-refractivity contribution in [3.05, 3.63) is 82.9 Å². The van der Waals surface area contributed by atoms with Crippen molar-refractivity contribution >= 4 is 11.5 Å². The molecule has 1 heterocycles. The fourth-order valence-corrected chi connectivity index (χ4v) is 3.34. The number of rotatable bonds is 9. The van der Waals surface area contributed by atoms with Gasteiger partial charge in [0.05, 0.1) is 24.4 Å². The number of aryl methyl sites for hydroxylation is 1. The number of hydrogen-bond acceptors (Lipinski definition) is 5. The largest absolute Gasteiger partial charge is 0.494 e. The van der Waals surface area contributed by atoms with Gasteiger partial charge in [0.15, 0.2) is 11.6 Å². The molecule has 0 radical (unpaired) electrons. The summed E-state index contributed by atoms with van der Waals surface area (Å²) in [6.45, 7) is 7.91. The summed E-state index contributed by atoms with van der Waals surface area (Å²) in [7, 11) is 0. The zero-order chi connectivity index (χ0) is 23.3. The first-order chi connectivity index (χ1) is 15.3. The molecular formula is C25H29FN4O2. The first-order valence-corrected chi connectivity index (χ1v) is 10.6. The first kappa shape index (κ1) is 23.1. The summed E-state index contributed by atoms with van der Waals surface area (Å²) in [6.07, 6.45) is -0.197. The fourth-order valence-electron chi connectivity index (χ4n) is 3.34. The molecule has 3 aromatic rings. The number of anilines is 1. The minimum Gasteiger partial charge on any atom is -0.494 e. The van der Waals surface area contributed by atoms with E-state index >= 15 is 4.39 Å². The molecule has 2 aromatic carbocycles. The molecule has 168 valence electrons. The second-order valence-corrected chi connectivity index (χ2v) is 7.70. The topological polar surface area (TPSA) is 93.2 Å². The van der Waals surface area contributed by atoms with Crippen LogP contribution >= 0.6 is 0 Å². The molecule has 7 heteroatoms. The van der Waals surface area contributed by atoms with Crippen LogP contribution in [0.3, 0.4) is 0 Å². The second kappa shape index (κ2) is 10.1. The molecule has 0 saturated heterocycles. The number of ether oxygens (including phenoxy) is 2. The summed E-state index contributed by atoms with van der Waals surface area (Å²) in [6, 6.07) is 15.4. The Kier molecular flexibility index (Phi) is 7.30. The van der Waals surface area contributed by atoms with E-state index in [-0.39, 0.29) is 17.7 Å². The van der Waals surface area contributed by atoms with Crippen molar-refractivity contribution in [1.82, 2.24) is 4.98 Å². The van der Waals surface area contributed by atoms with Gasteiger partial charge in [-0.2, -0.15) is 0 Å². The number of hydrogen-bond donors (Lipinski definition) is 3. The SMILES string of the molecule is CCOc1cc(OC(C)C)c(F)c(C(Nc2ccc(C(=N)N)cc2)c2cccc(C)n2)c1. The highest BCUT2D eigenvalue weighted by Crippen LogP contribution is 2.36.